The molecule has 1 amide bonds. The molecule has 7 nitrogen and oxygen atoms in total. The van der Waals surface area contributed by atoms with Crippen LogP contribution in [-0.4, -0.2) is 40.5 Å². The second-order valence-corrected chi connectivity index (χ2v) is 6.91. The van der Waals surface area contributed by atoms with Gasteiger partial charge in [-0.15, -0.1) is 0 Å². The lowest BCUT2D eigenvalue weighted by atomic mass is 10.1. The smallest absolute Gasteiger partial charge is 0.325 e. The summed E-state index contributed by atoms with van der Waals surface area (Å²) in [7, 11) is -2.78. The normalized spacial score (nSPS) is 11.2. The topological polar surface area (TPSA) is 102 Å². The molecule has 0 unspecified atom stereocenters. The fraction of sp³-hybridized carbons (Fsp3) is 0.200. The fourth-order valence-electron chi connectivity index (χ4n) is 2.03. The molecule has 0 heterocycles. The minimum absolute atomic E-state index is 0.0219. The quantitative estimate of drug-likeness (QED) is 0.740. The Bertz CT molecular complexity index is 877. The summed E-state index contributed by atoms with van der Waals surface area (Å²) < 4.78 is 31.5. The number of nitrogens with one attached hydrogen (secondary N) is 2. The Morgan fingerprint density at radius 1 is 1.12 bits per heavy atom. The lowest BCUT2D eigenvalue weighted by Gasteiger charge is -2.10. The van der Waals surface area contributed by atoms with E-state index < -0.39 is 28.4 Å². The number of benzene rings is 2. The van der Waals surface area contributed by atoms with Crippen molar-refractivity contribution in [3.8, 4) is 0 Å². The number of carbonyl (C=O) groups is 2. The first-order chi connectivity index (χ1) is 11.3. The van der Waals surface area contributed by atoms with E-state index in [-0.39, 0.29) is 11.4 Å². The van der Waals surface area contributed by atoms with E-state index in [0.717, 1.165) is 0 Å². The number of hydrogen-bond acceptors (Lipinski definition) is 5. The van der Waals surface area contributed by atoms with E-state index in [4.69, 9.17) is 11.6 Å². The first-order valence-electron chi connectivity index (χ1n) is 6.85. The number of amides is 1. The Morgan fingerprint density at radius 3 is 2.46 bits per heavy atom. The van der Waals surface area contributed by atoms with Gasteiger partial charge in [0, 0.05) is 10.4 Å². The molecule has 0 saturated heterocycles. The van der Waals surface area contributed by atoms with Crippen molar-refractivity contribution < 1.29 is 22.7 Å². The molecular weight excluding hydrogens is 356 g/mol. The average molecular weight is 371 g/mol. The van der Waals surface area contributed by atoms with E-state index in [1.54, 1.807) is 30.3 Å². The molecule has 2 aromatic rings. The Balaban J connectivity index is 2.17. The standard InChI is InChI=1S/C15H15ClN2O5S/c1-23-14(20)9-17-13(19)8-18-24(21,22)12-7-3-5-10-4-2-6-11(16)15(10)12/h2-7,18H,8-9H2,1H3,(H,17,19). The summed E-state index contributed by atoms with van der Waals surface area (Å²) in [4.78, 5) is 22.5. The van der Waals surface area contributed by atoms with Crippen LogP contribution in [0.3, 0.4) is 0 Å². The molecular formula is C15H15ClN2O5S. The van der Waals surface area contributed by atoms with Crippen molar-refractivity contribution in [2.24, 2.45) is 0 Å². The first kappa shape index (κ1) is 18.2. The van der Waals surface area contributed by atoms with Gasteiger partial charge in [0.25, 0.3) is 0 Å². The molecule has 0 aliphatic carbocycles. The molecule has 2 rings (SSSR count). The number of ether oxygens (including phenoxy) is 1. The maximum Gasteiger partial charge on any atom is 0.325 e. The minimum Gasteiger partial charge on any atom is -0.468 e. The molecule has 0 aliphatic heterocycles. The predicted octanol–water partition coefficient (Wildman–Crippen LogP) is 1.06. The Hall–Kier alpha value is -2.16. The number of carbonyl (C=O) groups excluding carboxylic acids is 2. The van der Waals surface area contributed by atoms with Gasteiger partial charge in [0.2, 0.25) is 15.9 Å². The number of hydrogen-bond donors (Lipinski definition) is 2. The highest BCUT2D eigenvalue weighted by Gasteiger charge is 2.20. The van der Waals surface area contributed by atoms with Crippen LogP contribution in [0.5, 0.6) is 0 Å². The molecule has 2 aromatic carbocycles. The summed E-state index contributed by atoms with van der Waals surface area (Å²) in [5, 5.41) is 3.58. The molecule has 24 heavy (non-hydrogen) atoms. The molecule has 0 atom stereocenters. The van der Waals surface area contributed by atoms with Gasteiger partial charge in [0.05, 0.1) is 18.6 Å². The van der Waals surface area contributed by atoms with Crippen LogP contribution in [0.15, 0.2) is 41.3 Å². The molecule has 0 aliphatic rings. The molecule has 128 valence electrons. The summed E-state index contributed by atoms with van der Waals surface area (Å²) in [6.45, 7) is -0.850. The van der Waals surface area contributed by atoms with Crippen LogP contribution in [0.4, 0.5) is 0 Å². The number of halogens is 1. The van der Waals surface area contributed by atoms with E-state index in [1.807, 2.05) is 0 Å². The highest BCUT2D eigenvalue weighted by molar-refractivity contribution is 7.89. The third-order valence-corrected chi connectivity index (χ3v) is 4.94. The van der Waals surface area contributed by atoms with Gasteiger partial charge >= 0.3 is 5.97 Å². The van der Waals surface area contributed by atoms with Crippen LogP contribution in [0.1, 0.15) is 0 Å². The Labute approximate surface area is 144 Å². The summed E-state index contributed by atoms with van der Waals surface area (Å²) in [5.74, 6) is -1.29. The summed E-state index contributed by atoms with van der Waals surface area (Å²) in [6.07, 6.45) is 0. The number of sulfonamides is 1. The van der Waals surface area contributed by atoms with Crippen molar-refractivity contribution >= 4 is 44.3 Å². The maximum atomic E-state index is 12.5. The van der Waals surface area contributed by atoms with Crippen molar-refractivity contribution in [3.63, 3.8) is 0 Å². The molecule has 0 bridgehead atoms. The van der Waals surface area contributed by atoms with E-state index in [0.29, 0.717) is 15.8 Å². The van der Waals surface area contributed by atoms with Crippen molar-refractivity contribution in [1.82, 2.24) is 10.0 Å². The zero-order valence-corrected chi connectivity index (χ0v) is 14.3. The van der Waals surface area contributed by atoms with Gasteiger partial charge in [-0.2, -0.15) is 0 Å². The maximum absolute atomic E-state index is 12.5. The molecule has 0 saturated carbocycles. The van der Waals surface area contributed by atoms with Gasteiger partial charge in [0.15, 0.2) is 0 Å². The molecule has 2 N–H and O–H groups in total. The Kier molecular flexibility index (Phi) is 5.76. The molecule has 0 spiro atoms. The summed E-state index contributed by atoms with van der Waals surface area (Å²) in [6, 6.07) is 9.78. The highest BCUT2D eigenvalue weighted by atomic mass is 35.5. The average Bonchev–Trinajstić information content (AvgIpc) is 2.57. The van der Waals surface area contributed by atoms with Crippen molar-refractivity contribution in [3.05, 3.63) is 41.4 Å². The van der Waals surface area contributed by atoms with Crippen molar-refractivity contribution in [2.75, 3.05) is 20.2 Å². The third kappa shape index (κ3) is 4.22. The van der Waals surface area contributed by atoms with Crippen LogP contribution in [0.25, 0.3) is 10.8 Å². The van der Waals surface area contributed by atoms with E-state index in [2.05, 4.69) is 14.8 Å². The van der Waals surface area contributed by atoms with Gasteiger partial charge in [-0.1, -0.05) is 35.9 Å². The lowest BCUT2D eigenvalue weighted by molar-refractivity contribution is -0.141. The molecule has 0 fully saturated rings. The number of methoxy groups -OCH3 is 1. The number of fused-ring (bicyclic) bond motifs is 1. The van der Waals surface area contributed by atoms with Gasteiger partial charge < -0.3 is 10.1 Å². The fourth-order valence-corrected chi connectivity index (χ4v) is 3.60. The molecule has 0 aromatic heterocycles. The second kappa shape index (κ2) is 7.61. The Morgan fingerprint density at radius 2 is 1.79 bits per heavy atom. The van der Waals surface area contributed by atoms with Crippen molar-refractivity contribution in [1.29, 1.82) is 0 Å². The van der Waals surface area contributed by atoms with E-state index in [1.165, 1.54) is 13.2 Å². The lowest BCUT2D eigenvalue weighted by Crippen LogP contribution is -2.39. The number of esters is 1. The van der Waals surface area contributed by atoms with Gasteiger partial charge in [-0.05, 0) is 17.5 Å². The predicted molar refractivity (Wildman–Crippen MR) is 89.2 cm³/mol. The largest absolute Gasteiger partial charge is 0.468 e. The van der Waals surface area contributed by atoms with Crippen LogP contribution < -0.4 is 10.0 Å². The second-order valence-electron chi connectivity index (χ2n) is 4.77. The van der Waals surface area contributed by atoms with E-state index >= 15 is 0 Å². The summed E-state index contributed by atoms with van der Waals surface area (Å²) in [5.41, 5.74) is 0. The van der Waals surface area contributed by atoms with E-state index in [9.17, 15) is 18.0 Å². The minimum atomic E-state index is -3.96. The monoisotopic (exact) mass is 370 g/mol. The van der Waals surface area contributed by atoms with Gasteiger partial charge in [0.1, 0.15) is 6.54 Å². The zero-order chi connectivity index (χ0) is 17.7. The van der Waals surface area contributed by atoms with Crippen LogP contribution >= 0.6 is 11.6 Å². The highest BCUT2D eigenvalue weighted by Crippen LogP contribution is 2.29. The third-order valence-electron chi connectivity index (χ3n) is 3.19. The van der Waals surface area contributed by atoms with Crippen LogP contribution in [0.2, 0.25) is 5.02 Å². The van der Waals surface area contributed by atoms with Gasteiger partial charge in [-0.25, -0.2) is 13.1 Å². The molecule has 0 radical (unpaired) electrons. The van der Waals surface area contributed by atoms with Crippen molar-refractivity contribution in [2.45, 2.75) is 4.90 Å². The van der Waals surface area contributed by atoms with Gasteiger partial charge in [-0.3, -0.25) is 9.59 Å². The van der Waals surface area contributed by atoms with Crippen LogP contribution in [-0.2, 0) is 24.3 Å². The SMILES string of the molecule is COC(=O)CNC(=O)CNS(=O)(=O)c1cccc2cccc(Cl)c12. The molecule has 9 heteroatoms. The number of rotatable bonds is 6. The van der Waals surface area contributed by atoms with Crippen LogP contribution in [0, 0.1) is 0 Å². The first-order valence-corrected chi connectivity index (χ1v) is 8.71. The summed E-state index contributed by atoms with van der Waals surface area (Å²) >= 11 is 6.11. The zero-order valence-electron chi connectivity index (χ0n) is 12.7.